The summed E-state index contributed by atoms with van der Waals surface area (Å²) in [5, 5.41) is 6.94. The van der Waals surface area contributed by atoms with E-state index in [0.717, 1.165) is 77.5 Å². The number of nitrogens with zero attached hydrogens (tertiary/aromatic N) is 2. The van der Waals surface area contributed by atoms with E-state index in [1.54, 1.807) is 0 Å². The maximum Gasteiger partial charge on any atom is 0.160 e. The molecule has 0 aliphatic rings. The molecule has 0 aliphatic carbocycles. The zero-order valence-corrected chi connectivity index (χ0v) is 27.6. The fraction of sp³-hybridized carbons (Fsp3) is 0. The number of hydrogen-bond donors (Lipinski definition) is 0. The second-order valence-corrected chi connectivity index (χ2v) is 13.0. The van der Waals surface area contributed by atoms with Gasteiger partial charge in [-0.05, 0) is 92.3 Å². The second-order valence-electron chi connectivity index (χ2n) is 13.0. The molecule has 2 aromatic heterocycles. The molecule has 238 valence electrons. The topological polar surface area (TPSA) is 38.9 Å². The van der Waals surface area contributed by atoms with Gasteiger partial charge in [0.25, 0.3) is 0 Å². The summed E-state index contributed by atoms with van der Waals surface area (Å²) in [5.41, 5.74) is 11.3. The predicted octanol–water partition coefficient (Wildman–Crippen LogP) is 13.0. The van der Waals surface area contributed by atoms with Gasteiger partial charge in [-0.2, -0.15) is 0 Å². The highest BCUT2D eigenvalue weighted by molar-refractivity contribution is 6.06. The minimum atomic E-state index is 0.703. The van der Waals surface area contributed by atoms with E-state index >= 15 is 0 Å². The van der Waals surface area contributed by atoms with Gasteiger partial charge in [-0.1, -0.05) is 133 Å². The first kappa shape index (κ1) is 29.1. The van der Waals surface area contributed by atoms with Crippen molar-refractivity contribution in [1.82, 2.24) is 9.97 Å². The van der Waals surface area contributed by atoms with Crippen LogP contribution in [0.4, 0.5) is 0 Å². The van der Waals surface area contributed by atoms with Crippen molar-refractivity contribution in [2.45, 2.75) is 0 Å². The van der Waals surface area contributed by atoms with E-state index in [2.05, 4.69) is 152 Å². The zero-order chi connectivity index (χ0) is 33.7. The third-order valence-electron chi connectivity index (χ3n) is 9.85. The summed E-state index contributed by atoms with van der Waals surface area (Å²) >= 11 is 0. The molecule has 0 saturated carbocycles. The Balaban J connectivity index is 1.09. The Hall–Kier alpha value is -6.84. The SMILES string of the molecule is c1ccc(-c2cc(-c3cc(-c4ccc5cc(-c6ccc7c(c6)oc6ccccc67)ccc5c4)nc(-c4ccccc4)n3)c3ccccc3c2)cc1. The van der Waals surface area contributed by atoms with Crippen molar-refractivity contribution in [3.63, 3.8) is 0 Å². The fourth-order valence-corrected chi connectivity index (χ4v) is 7.26. The number of fused-ring (bicyclic) bond motifs is 5. The fourth-order valence-electron chi connectivity index (χ4n) is 7.26. The number of aromatic nitrogens is 2. The molecule has 10 aromatic rings. The average Bonchev–Trinajstić information content (AvgIpc) is 3.58. The number of hydrogen-bond acceptors (Lipinski definition) is 3. The van der Waals surface area contributed by atoms with E-state index in [0.29, 0.717) is 5.82 Å². The second kappa shape index (κ2) is 11.9. The highest BCUT2D eigenvalue weighted by Gasteiger charge is 2.15. The van der Waals surface area contributed by atoms with E-state index in [1.165, 1.54) is 16.3 Å². The van der Waals surface area contributed by atoms with Crippen LogP contribution in [0.5, 0.6) is 0 Å². The molecule has 3 nitrogen and oxygen atoms in total. The van der Waals surface area contributed by atoms with Crippen LogP contribution >= 0.6 is 0 Å². The van der Waals surface area contributed by atoms with Crippen molar-refractivity contribution in [2.24, 2.45) is 0 Å². The first-order valence-corrected chi connectivity index (χ1v) is 17.2. The number of benzene rings is 8. The molecule has 0 radical (unpaired) electrons. The Bertz CT molecular complexity index is 2910. The molecule has 0 spiro atoms. The summed E-state index contributed by atoms with van der Waals surface area (Å²) in [7, 11) is 0. The van der Waals surface area contributed by atoms with E-state index in [4.69, 9.17) is 14.4 Å². The van der Waals surface area contributed by atoms with Crippen LogP contribution in [0.1, 0.15) is 0 Å². The summed E-state index contributed by atoms with van der Waals surface area (Å²) < 4.78 is 6.19. The van der Waals surface area contributed by atoms with Crippen molar-refractivity contribution in [1.29, 1.82) is 0 Å². The highest BCUT2D eigenvalue weighted by atomic mass is 16.3. The molecule has 0 fully saturated rings. The van der Waals surface area contributed by atoms with Gasteiger partial charge in [-0.25, -0.2) is 9.97 Å². The third kappa shape index (κ3) is 5.24. The Morgan fingerprint density at radius 2 is 0.902 bits per heavy atom. The minimum absolute atomic E-state index is 0.703. The molecule has 0 unspecified atom stereocenters. The summed E-state index contributed by atoms with van der Waals surface area (Å²) in [6, 6.07) is 64.0. The smallest absolute Gasteiger partial charge is 0.160 e. The quantitative estimate of drug-likeness (QED) is 0.186. The van der Waals surface area contributed by atoms with Crippen LogP contribution in [-0.4, -0.2) is 9.97 Å². The summed E-state index contributed by atoms with van der Waals surface area (Å²) in [6.45, 7) is 0. The van der Waals surface area contributed by atoms with Crippen molar-refractivity contribution >= 4 is 43.5 Å². The molecule has 0 amide bonds. The zero-order valence-electron chi connectivity index (χ0n) is 27.6. The third-order valence-corrected chi connectivity index (χ3v) is 9.85. The normalized spacial score (nSPS) is 11.5. The molecule has 0 bridgehead atoms. The first-order chi connectivity index (χ1) is 25.2. The lowest BCUT2D eigenvalue weighted by molar-refractivity contribution is 0.669. The molecule has 3 heteroatoms. The minimum Gasteiger partial charge on any atom is -0.456 e. The van der Waals surface area contributed by atoms with Crippen LogP contribution in [0.15, 0.2) is 186 Å². The van der Waals surface area contributed by atoms with Gasteiger partial charge < -0.3 is 4.42 Å². The average molecular weight is 651 g/mol. The van der Waals surface area contributed by atoms with Gasteiger partial charge in [-0.3, -0.25) is 0 Å². The molecule has 51 heavy (non-hydrogen) atoms. The van der Waals surface area contributed by atoms with Crippen LogP contribution in [0, 0.1) is 0 Å². The van der Waals surface area contributed by atoms with E-state index in [1.807, 2.05) is 30.3 Å². The lowest BCUT2D eigenvalue weighted by Crippen LogP contribution is -1.97. The Kier molecular flexibility index (Phi) is 6.81. The molecule has 10 rings (SSSR count). The molecule has 0 atom stereocenters. The van der Waals surface area contributed by atoms with Crippen molar-refractivity contribution in [2.75, 3.05) is 0 Å². The van der Waals surface area contributed by atoms with Crippen LogP contribution < -0.4 is 0 Å². The molecule has 2 heterocycles. The summed E-state index contributed by atoms with van der Waals surface area (Å²) in [4.78, 5) is 10.4. The summed E-state index contributed by atoms with van der Waals surface area (Å²) in [5.74, 6) is 0.703. The van der Waals surface area contributed by atoms with Gasteiger partial charge in [0.2, 0.25) is 0 Å². The molecule has 0 saturated heterocycles. The maximum absolute atomic E-state index is 6.19. The lowest BCUT2D eigenvalue weighted by atomic mass is 9.94. The molecular formula is C48H30N2O. The van der Waals surface area contributed by atoms with E-state index in [9.17, 15) is 0 Å². The van der Waals surface area contributed by atoms with Crippen LogP contribution in [-0.2, 0) is 0 Å². The predicted molar refractivity (Wildman–Crippen MR) is 212 cm³/mol. The highest BCUT2D eigenvalue weighted by Crippen LogP contribution is 2.37. The largest absolute Gasteiger partial charge is 0.456 e. The van der Waals surface area contributed by atoms with Crippen LogP contribution in [0.2, 0.25) is 0 Å². The van der Waals surface area contributed by atoms with Crippen molar-refractivity contribution in [3.8, 4) is 56.2 Å². The van der Waals surface area contributed by atoms with E-state index in [-0.39, 0.29) is 0 Å². The van der Waals surface area contributed by atoms with Gasteiger partial charge in [0, 0.05) is 27.5 Å². The van der Waals surface area contributed by atoms with Crippen molar-refractivity contribution in [3.05, 3.63) is 182 Å². The van der Waals surface area contributed by atoms with Gasteiger partial charge in [-0.15, -0.1) is 0 Å². The van der Waals surface area contributed by atoms with Crippen LogP contribution in [0.3, 0.4) is 0 Å². The van der Waals surface area contributed by atoms with Crippen molar-refractivity contribution < 1.29 is 4.42 Å². The Morgan fingerprint density at radius 1 is 0.314 bits per heavy atom. The summed E-state index contributed by atoms with van der Waals surface area (Å²) in [6.07, 6.45) is 0. The lowest BCUT2D eigenvalue weighted by Gasteiger charge is -2.14. The standard InChI is InChI=1S/C48H30N2O/c1-3-11-31(12-4-1)39-27-37-15-7-8-16-40(37)43(28-39)45-30-44(49-48(50-45)32-13-5-2-6-14-32)38-22-21-33-25-34(19-20-35(33)26-38)36-23-24-42-41-17-9-10-18-46(41)51-47(42)29-36/h1-30H. The Morgan fingerprint density at radius 3 is 1.73 bits per heavy atom. The molecule has 0 aliphatic heterocycles. The van der Waals surface area contributed by atoms with Gasteiger partial charge in [0.15, 0.2) is 5.82 Å². The molecular weight excluding hydrogens is 621 g/mol. The number of para-hydroxylation sites is 1. The Labute approximate surface area is 295 Å². The van der Waals surface area contributed by atoms with Gasteiger partial charge in [0.1, 0.15) is 11.2 Å². The molecule has 0 N–H and O–H groups in total. The maximum atomic E-state index is 6.19. The number of furan rings is 1. The van der Waals surface area contributed by atoms with Gasteiger partial charge in [0.05, 0.1) is 11.4 Å². The monoisotopic (exact) mass is 650 g/mol. The van der Waals surface area contributed by atoms with Gasteiger partial charge >= 0.3 is 0 Å². The first-order valence-electron chi connectivity index (χ1n) is 17.2. The van der Waals surface area contributed by atoms with E-state index < -0.39 is 0 Å². The van der Waals surface area contributed by atoms with Crippen LogP contribution in [0.25, 0.3) is 99.6 Å². The number of rotatable bonds is 5. The molecule has 8 aromatic carbocycles.